The van der Waals surface area contributed by atoms with Gasteiger partial charge >= 0.3 is 0 Å². The summed E-state index contributed by atoms with van der Waals surface area (Å²) in [7, 11) is 0. The molecular weight excluding hydrogens is 359 g/mol. The minimum atomic E-state index is -1.50. The van der Waals surface area contributed by atoms with Crippen LogP contribution < -0.4 is 10.2 Å². The number of thiazole rings is 1. The van der Waals surface area contributed by atoms with Crippen molar-refractivity contribution < 1.29 is 13.2 Å². The molecule has 0 saturated heterocycles. The molecule has 0 saturated carbocycles. The molecule has 0 aliphatic rings. The van der Waals surface area contributed by atoms with Crippen LogP contribution in [0.25, 0.3) is 11.3 Å². The van der Waals surface area contributed by atoms with E-state index in [9.17, 15) is 13.2 Å². The maximum absolute atomic E-state index is 13.8. The Morgan fingerprint density at radius 2 is 1.65 bits per heavy atom. The minimum Gasteiger partial charge on any atom is -0.372 e. The van der Waals surface area contributed by atoms with Gasteiger partial charge in [-0.1, -0.05) is 12.1 Å². The Hall–Kier alpha value is -2.54. The summed E-state index contributed by atoms with van der Waals surface area (Å²) in [6, 6.07) is 10.0. The first kappa shape index (κ1) is 18.3. The fraction of sp³-hybridized carbons (Fsp3) is 0.211. The van der Waals surface area contributed by atoms with Crippen molar-refractivity contribution in [3.63, 3.8) is 0 Å². The summed E-state index contributed by atoms with van der Waals surface area (Å²) in [6.07, 6.45) is 0. The highest BCUT2D eigenvalue weighted by Gasteiger charge is 2.14. The SMILES string of the molecule is CCN(CC)c1ccc(-c2csc(Nc3ccc(F)c(F)c3F)n2)cc1. The van der Waals surface area contributed by atoms with Crippen molar-refractivity contribution in [2.45, 2.75) is 13.8 Å². The molecule has 0 radical (unpaired) electrons. The van der Waals surface area contributed by atoms with Crippen molar-refractivity contribution in [3.8, 4) is 11.3 Å². The number of anilines is 3. The van der Waals surface area contributed by atoms with E-state index in [2.05, 4.69) is 29.0 Å². The smallest absolute Gasteiger partial charge is 0.196 e. The number of halogens is 3. The number of aromatic nitrogens is 1. The summed E-state index contributed by atoms with van der Waals surface area (Å²) in [5.41, 5.74) is 2.64. The first-order valence-corrected chi connectivity index (χ1v) is 9.12. The maximum Gasteiger partial charge on any atom is 0.196 e. The van der Waals surface area contributed by atoms with Gasteiger partial charge in [-0.25, -0.2) is 18.2 Å². The number of hydrogen-bond donors (Lipinski definition) is 1. The summed E-state index contributed by atoms with van der Waals surface area (Å²) < 4.78 is 40.1. The Bertz CT molecular complexity index is 890. The fourth-order valence-electron chi connectivity index (χ4n) is 2.63. The second-order valence-corrected chi connectivity index (χ2v) is 6.46. The average molecular weight is 377 g/mol. The Morgan fingerprint density at radius 1 is 0.962 bits per heavy atom. The molecule has 1 aromatic heterocycles. The molecule has 0 unspecified atom stereocenters. The lowest BCUT2D eigenvalue weighted by molar-refractivity contribution is 0.449. The van der Waals surface area contributed by atoms with E-state index in [1.165, 1.54) is 11.3 Å². The molecule has 2 aromatic carbocycles. The van der Waals surface area contributed by atoms with Gasteiger partial charge < -0.3 is 10.2 Å². The van der Waals surface area contributed by atoms with Crippen LogP contribution in [0.3, 0.4) is 0 Å². The summed E-state index contributed by atoms with van der Waals surface area (Å²) in [5.74, 6) is -3.98. The second-order valence-electron chi connectivity index (χ2n) is 5.60. The van der Waals surface area contributed by atoms with Crippen LogP contribution in [0.2, 0.25) is 0 Å². The fourth-order valence-corrected chi connectivity index (χ4v) is 3.37. The largest absolute Gasteiger partial charge is 0.372 e. The molecule has 26 heavy (non-hydrogen) atoms. The predicted octanol–water partition coefficient (Wildman–Crippen LogP) is 5.82. The molecule has 0 amide bonds. The Morgan fingerprint density at radius 3 is 2.31 bits per heavy atom. The lowest BCUT2D eigenvalue weighted by Crippen LogP contribution is -2.21. The lowest BCUT2D eigenvalue weighted by atomic mass is 10.1. The van der Waals surface area contributed by atoms with Gasteiger partial charge in [0, 0.05) is 29.7 Å². The number of hydrogen-bond acceptors (Lipinski definition) is 4. The molecule has 7 heteroatoms. The van der Waals surface area contributed by atoms with Gasteiger partial charge in [0.2, 0.25) is 0 Å². The van der Waals surface area contributed by atoms with Crippen LogP contribution >= 0.6 is 11.3 Å². The van der Waals surface area contributed by atoms with Gasteiger partial charge in [0.1, 0.15) is 0 Å². The molecule has 3 rings (SSSR count). The van der Waals surface area contributed by atoms with Gasteiger partial charge in [-0.15, -0.1) is 11.3 Å². The molecule has 0 spiro atoms. The molecule has 0 aliphatic heterocycles. The van der Waals surface area contributed by atoms with Crippen LogP contribution in [0, 0.1) is 17.5 Å². The molecule has 3 nitrogen and oxygen atoms in total. The molecule has 1 heterocycles. The molecule has 3 aromatic rings. The molecule has 0 bridgehead atoms. The van der Waals surface area contributed by atoms with Crippen LogP contribution in [0.4, 0.5) is 29.7 Å². The van der Waals surface area contributed by atoms with E-state index in [1.807, 2.05) is 29.6 Å². The molecule has 136 valence electrons. The Balaban J connectivity index is 1.79. The van der Waals surface area contributed by atoms with Crippen LogP contribution in [-0.4, -0.2) is 18.1 Å². The van der Waals surface area contributed by atoms with Crippen molar-refractivity contribution in [1.29, 1.82) is 0 Å². The van der Waals surface area contributed by atoms with Crippen molar-refractivity contribution >= 4 is 27.8 Å². The van der Waals surface area contributed by atoms with E-state index >= 15 is 0 Å². The zero-order chi connectivity index (χ0) is 18.7. The van der Waals surface area contributed by atoms with Crippen molar-refractivity contribution in [2.24, 2.45) is 0 Å². The van der Waals surface area contributed by atoms with Gasteiger partial charge in [0.25, 0.3) is 0 Å². The van der Waals surface area contributed by atoms with E-state index in [1.54, 1.807) is 0 Å². The third kappa shape index (κ3) is 3.67. The van der Waals surface area contributed by atoms with Gasteiger partial charge in [0.15, 0.2) is 22.6 Å². The van der Waals surface area contributed by atoms with Gasteiger partial charge in [0.05, 0.1) is 11.4 Å². The van der Waals surface area contributed by atoms with Gasteiger partial charge in [-0.3, -0.25) is 0 Å². The summed E-state index contributed by atoms with van der Waals surface area (Å²) in [6.45, 7) is 6.07. The normalized spacial score (nSPS) is 10.8. The standard InChI is InChI=1S/C19H18F3N3S/c1-3-25(4-2)13-7-5-12(6-8-13)16-11-26-19(24-16)23-15-10-9-14(20)17(21)18(15)22/h5-11H,3-4H2,1-2H3,(H,23,24). The minimum absolute atomic E-state index is 0.151. The lowest BCUT2D eigenvalue weighted by Gasteiger charge is -2.20. The number of benzene rings is 2. The van der Waals surface area contributed by atoms with Gasteiger partial charge in [-0.2, -0.15) is 0 Å². The average Bonchev–Trinajstić information content (AvgIpc) is 3.12. The van der Waals surface area contributed by atoms with Crippen molar-refractivity contribution in [2.75, 3.05) is 23.3 Å². The zero-order valence-electron chi connectivity index (χ0n) is 14.4. The topological polar surface area (TPSA) is 28.2 Å². The molecule has 0 fully saturated rings. The second kappa shape index (κ2) is 7.78. The van der Waals surface area contributed by atoms with E-state index in [0.717, 1.165) is 42.2 Å². The number of nitrogens with one attached hydrogen (secondary N) is 1. The Labute approximate surface area is 154 Å². The van der Waals surface area contributed by atoms with E-state index in [4.69, 9.17) is 0 Å². The first-order chi connectivity index (χ1) is 12.5. The zero-order valence-corrected chi connectivity index (χ0v) is 15.2. The number of rotatable bonds is 6. The molecule has 0 aliphatic carbocycles. The van der Waals surface area contributed by atoms with Gasteiger partial charge in [-0.05, 0) is 38.1 Å². The Kier molecular flexibility index (Phi) is 5.46. The van der Waals surface area contributed by atoms with Crippen LogP contribution in [0.15, 0.2) is 41.8 Å². The van der Waals surface area contributed by atoms with Crippen LogP contribution in [0.5, 0.6) is 0 Å². The summed E-state index contributed by atoms with van der Waals surface area (Å²) >= 11 is 1.26. The van der Waals surface area contributed by atoms with E-state index in [0.29, 0.717) is 5.13 Å². The highest BCUT2D eigenvalue weighted by Crippen LogP contribution is 2.30. The number of nitrogens with zero attached hydrogens (tertiary/aromatic N) is 2. The maximum atomic E-state index is 13.8. The quantitative estimate of drug-likeness (QED) is 0.549. The molecule has 1 N–H and O–H groups in total. The predicted molar refractivity (Wildman–Crippen MR) is 101 cm³/mol. The third-order valence-electron chi connectivity index (χ3n) is 4.07. The van der Waals surface area contributed by atoms with E-state index in [-0.39, 0.29) is 5.69 Å². The summed E-state index contributed by atoms with van der Waals surface area (Å²) in [5, 5.41) is 4.92. The molecule has 0 atom stereocenters. The summed E-state index contributed by atoms with van der Waals surface area (Å²) in [4.78, 5) is 6.63. The third-order valence-corrected chi connectivity index (χ3v) is 4.83. The van der Waals surface area contributed by atoms with Crippen LogP contribution in [0.1, 0.15) is 13.8 Å². The molecular formula is C19H18F3N3S. The van der Waals surface area contributed by atoms with Crippen molar-refractivity contribution in [3.05, 3.63) is 59.2 Å². The first-order valence-electron chi connectivity index (χ1n) is 8.24. The highest BCUT2D eigenvalue weighted by molar-refractivity contribution is 7.14. The van der Waals surface area contributed by atoms with E-state index < -0.39 is 17.5 Å². The van der Waals surface area contributed by atoms with Crippen molar-refractivity contribution in [1.82, 2.24) is 4.98 Å². The highest BCUT2D eigenvalue weighted by atomic mass is 32.1. The monoisotopic (exact) mass is 377 g/mol. The van der Waals surface area contributed by atoms with Crippen LogP contribution in [-0.2, 0) is 0 Å².